The van der Waals surface area contributed by atoms with Crippen LogP contribution in [0, 0.1) is 11.3 Å². The molecule has 1 atom stereocenters. The average Bonchev–Trinajstić information content (AvgIpc) is 3.22. The highest BCUT2D eigenvalue weighted by Crippen LogP contribution is 2.40. The van der Waals surface area contributed by atoms with Gasteiger partial charge in [0.15, 0.2) is 0 Å². The van der Waals surface area contributed by atoms with Gasteiger partial charge in [0.1, 0.15) is 16.8 Å². The van der Waals surface area contributed by atoms with Crippen LogP contribution in [-0.4, -0.2) is 19.5 Å². The number of nitrogens with one attached hydrogen (secondary N) is 1. The Hall–Kier alpha value is -2.77. The first-order chi connectivity index (χ1) is 15.2. The van der Waals surface area contributed by atoms with Crippen LogP contribution >= 0.6 is 11.3 Å². The quantitative estimate of drug-likeness (QED) is 0.559. The zero-order valence-corrected chi connectivity index (χ0v) is 19.5. The number of fused-ring (bicyclic) bond motifs is 1. The molecule has 1 aromatic heterocycles. The first-order valence-corrected chi connectivity index (χ1v) is 12.7. The van der Waals surface area contributed by atoms with E-state index in [9.17, 15) is 13.7 Å². The fourth-order valence-electron chi connectivity index (χ4n) is 4.04. The Morgan fingerprint density at radius 3 is 2.84 bits per heavy atom. The molecule has 4 rings (SSSR count). The predicted molar refractivity (Wildman–Crippen MR) is 125 cm³/mol. The van der Waals surface area contributed by atoms with Gasteiger partial charge in [-0.2, -0.15) is 18.4 Å². The predicted octanol–water partition coefficient (Wildman–Crippen LogP) is 4.31. The van der Waals surface area contributed by atoms with Gasteiger partial charge in [0.2, 0.25) is 0 Å². The van der Waals surface area contributed by atoms with Crippen LogP contribution in [0.25, 0.3) is 21.0 Å². The molecular weight excluding hydrogens is 444 g/mol. The minimum Gasteiger partial charge on any atom is -0.490 e. The van der Waals surface area contributed by atoms with Crippen LogP contribution < -0.4 is 14.6 Å². The molecule has 0 spiro atoms. The molecule has 1 aliphatic rings. The van der Waals surface area contributed by atoms with Crippen LogP contribution in [0.3, 0.4) is 0 Å². The summed E-state index contributed by atoms with van der Waals surface area (Å²) in [6.45, 7) is 3.84. The highest BCUT2D eigenvalue weighted by Gasteiger charge is 2.25. The van der Waals surface area contributed by atoms with E-state index in [1.807, 2.05) is 50.4 Å². The molecule has 0 bridgehead atoms. The molecule has 1 heterocycles. The lowest BCUT2D eigenvalue weighted by molar-refractivity contribution is 0.242. The maximum Gasteiger partial charge on any atom is 0.274 e. The Balaban J connectivity index is 1.68. The summed E-state index contributed by atoms with van der Waals surface area (Å²) >= 11 is 1.54. The van der Waals surface area contributed by atoms with E-state index < -0.39 is 10.2 Å². The van der Waals surface area contributed by atoms with Gasteiger partial charge < -0.3 is 4.74 Å². The van der Waals surface area contributed by atoms with E-state index >= 15 is 0 Å². The number of rotatable bonds is 6. The number of nitriles is 1. The van der Waals surface area contributed by atoms with E-state index in [0.29, 0.717) is 17.7 Å². The summed E-state index contributed by atoms with van der Waals surface area (Å²) in [5.74, 6) is 0.563. The largest absolute Gasteiger partial charge is 0.490 e. The van der Waals surface area contributed by atoms with Gasteiger partial charge in [0.25, 0.3) is 10.2 Å². The van der Waals surface area contributed by atoms with E-state index in [0.717, 1.165) is 45.0 Å². The second kappa shape index (κ2) is 9.00. The zero-order chi connectivity index (χ0) is 22.9. The molecule has 0 fully saturated rings. The molecule has 7 nitrogen and oxygen atoms in total. The first-order valence-electron chi connectivity index (χ1n) is 10.3. The molecule has 9 heteroatoms. The van der Waals surface area contributed by atoms with Crippen molar-refractivity contribution in [2.24, 2.45) is 5.14 Å². The Morgan fingerprint density at radius 1 is 1.31 bits per heavy atom. The van der Waals surface area contributed by atoms with Gasteiger partial charge in [-0.25, -0.2) is 10.1 Å². The molecule has 0 unspecified atom stereocenters. The normalized spacial score (nSPS) is 15.9. The number of nitrogens with zero attached hydrogens (tertiary/aromatic N) is 2. The topological polar surface area (TPSA) is 118 Å². The summed E-state index contributed by atoms with van der Waals surface area (Å²) in [7, 11) is -3.79. The van der Waals surface area contributed by atoms with Crippen molar-refractivity contribution >= 4 is 21.5 Å². The van der Waals surface area contributed by atoms with Gasteiger partial charge in [-0.15, -0.1) is 11.3 Å². The summed E-state index contributed by atoms with van der Waals surface area (Å²) < 4.78 is 31.4. The van der Waals surface area contributed by atoms with Crippen LogP contribution in [0.4, 0.5) is 0 Å². The van der Waals surface area contributed by atoms with E-state index in [2.05, 4.69) is 15.8 Å². The maximum atomic E-state index is 11.6. The van der Waals surface area contributed by atoms with Crippen molar-refractivity contribution in [3.8, 4) is 32.8 Å². The molecule has 166 valence electrons. The van der Waals surface area contributed by atoms with Crippen LogP contribution in [-0.2, 0) is 16.6 Å². The number of ether oxygens (including phenoxy) is 1. The molecule has 2 aromatic carbocycles. The number of hydrogen-bond donors (Lipinski definition) is 2. The molecule has 0 aliphatic heterocycles. The lowest BCUT2D eigenvalue weighted by atomic mass is 9.85. The third-order valence-corrected chi connectivity index (χ3v) is 6.99. The van der Waals surface area contributed by atoms with Gasteiger partial charge in [-0.3, -0.25) is 0 Å². The minimum atomic E-state index is -3.79. The lowest BCUT2D eigenvalue weighted by Gasteiger charge is -2.27. The highest BCUT2D eigenvalue weighted by atomic mass is 32.2. The van der Waals surface area contributed by atoms with E-state index in [1.165, 1.54) is 0 Å². The number of thiazole rings is 1. The van der Waals surface area contributed by atoms with Crippen molar-refractivity contribution in [2.75, 3.05) is 0 Å². The summed E-state index contributed by atoms with van der Waals surface area (Å²) in [5.41, 5.74) is 4.45. The van der Waals surface area contributed by atoms with Crippen molar-refractivity contribution in [2.45, 2.75) is 45.3 Å². The van der Waals surface area contributed by atoms with Crippen LogP contribution in [0.15, 0.2) is 42.6 Å². The Bertz CT molecular complexity index is 1290. The molecule has 0 radical (unpaired) electrons. The summed E-state index contributed by atoms with van der Waals surface area (Å²) in [6, 6.07) is 13.3. The van der Waals surface area contributed by atoms with Crippen molar-refractivity contribution in [1.29, 1.82) is 5.26 Å². The van der Waals surface area contributed by atoms with Crippen molar-refractivity contribution < 1.29 is 13.2 Å². The SMILES string of the molecule is CC(C)Oc1ccc(-c2ncc(-c3cccc4c3CCC[C@H]4NS(N)(=O)=O)s2)cc1C#N. The number of hydrogen-bond acceptors (Lipinski definition) is 6. The van der Waals surface area contributed by atoms with Gasteiger partial charge >= 0.3 is 0 Å². The van der Waals surface area contributed by atoms with Crippen molar-refractivity contribution in [3.63, 3.8) is 0 Å². The first kappa shape index (κ1) is 22.4. The van der Waals surface area contributed by atoms with E-state index in [-0.39, 0.29) is 12.1 Å². The third kappa shape index (κ3) is 4.84. The zero-order valence-electron chi connectivity index (χ0n) is 17.8. The third-order valence-electron chi connectivity index (χ3n) is 5.29. The van der Waals surface area contributed by atoms with Crippen molar-refractivity contribution in [3.05, 3.63) is 59.3 Å². The van der Waals surface area contributed by atoms with Gasteiger partial charge in [0.05, 0.1) is 16.5 Å². The van der Waals surface area contributed by atoms with Gasteiger partial charge in [-0.05, 0) is 68.0 Å². The average molecular weight is 469 g/mol. The molecule has 3 N–H and O–H groups in total. The fourth-order valence-corrected chi connectivity index (χ4v) is 5.65. The Kier molecular flexibility index (Phi) is 6.31. The molecule has 0 saturated carbocycles. The molecule has 32 heavy (non-hydrogen) atoms. The standard InChI is InChI=1S/C23H24N4O3S2/c1-14(2)30-21-10-9-15(11-16(21)12-24)23-26-13-22(31-23)19-7-3-6-18-17(19)5-4-8-20(18)27-32(25,28)29/h3,6-7,9-11,13-14,20,27H,4-5,8H2,1-2H3,(H2,25,28,29)/t20-/m1/s1. The summed E-state index contributed by atoms with van der Waals surface area (Å²) in [4.78, 5) is 5.59. The monoisotopic (exact) mass is 468 g/mol. The molecule has 3 aromatic rings. The molecule has 1 aliphatic carbocycles. The van der Waals surface area contributed by atoms with Gasteiger partial charge in [0, 0.05) is 17.8 Å². The van der Waals surface area contributed by atoms with E-state index in [1.54, 1.807) is 17.4 Å². The number of benzene rings is 2. The molecular formula is C23H24N4O3S2. The smallest absolute Gasteiger partial charge is 0.274 e. The van der Waals surface area contributed by atoms with E-state index in [4.69, 9.17) is 9.88 Å². The van der Waals surface area contributed by atoms with Crippen molar-refractivity contribution in [1.82, 2.24) is 9.71 Å². The number of nitrogens with two attached hydrogens (primary N) is 1. The Labute approximate surface area is 192 Å². The second-order valence-corrected chi connectivity index (χ2v) is 10.4. The lowest BCUT2D eigenvalue weighted by Crippen LogP contribution is -2.35. The maximum absolute atomic E-state index is 11.6. The fraction of sp³-hybridized carbons (Fsp3) is 0.304. The van der Waals surface area contributed by atoms with Crippen LogP contribution in [0.2, 0.25) is 0 Å². The summed E-state index contributed by atoms with van der Waals surface area (Å²) in [5, 5.41) is 15.5. The highest BCUT2D eigenvalue weighted by molar-refractivity contribution is 7.87. The Morgan fingerprint density at radius 2 is 2.12 bits per heavy atom. The summed E-state index contributed by atoms with van der Waals surface area (Å²) in [6.07, 6.45) is 4.25. The second-order valence-electron chi connectivity index (χ2n) is 8.00. The molecule has 0 saturated heterocycles. The van der Waals surface area contributed by atoms with Crippen LogP contribution in [0.5, 0.6) is 5.75 Å². The number of aromatic nitrogens is 1. The minimum absolute atomic E-state index is 0.0174. The van der Waals surface area contributed by atoms with Gasteiger partial charge in [-0.1, -0.05) is 18.2 Å². The van der Waals surface area contributed by atoms with Crippen LogP contribution in [0.1, 0.15) is 49.4 Å². The molecule has 0 amide bonds.